The van der Waals surface area contributed by atoms with Crippen LogP contribution in [0.1, 0.15) is 12.5 Å². The first-order valence-electron chi connectivity index (χ1n) is 7.99. The molecule has 1 atom stereocenters. The number of hydrogen-bond acceptors (Lipinski definition) is 6. The summed E-state index contributed by atoms with van der Waals surface area (Å²) in [5.41, 5.74) is -0.650. The van der Waals surface area contributed by atoms with Gasteiger partial charge < -0.3 is 20.1 Å². The van der Waals surface area contributed by atoms with Gasteiger partial charge >= 0.3 is 12.0 Å². The van der Waals surface area contributed by atoms with E-state index in [9.17, 15) is 19.2 Å². The topological polar surface area (TPSA) is 114 Å². The molecule has 0 bridgehead atoms. The maximum Gasteiger partial charge on any atom is 0.326 e. The zero-order chi connectivity index (χ0) is 19.2. The molecule has 1 fully saturated rings. The molecule has 0 spiro atoms. The number of nitrogens with one attached hydrogen (secondary N) is 2. The summed E-state index contributed by atoms with van der Waals surface area (Å²) in [5.74, 6) is -1.91. The smallest absolute Gasteiger partial charge is 0.326 e. The van der Waals surface area contributed by atoms with E-state index < -0.39 is 42.5 Å². The molecule has 4 amide bonds. The summed E-state index contributed by atoms with van der Waals surface area (Å²) in [5, 5.41) is 5.07. The van der Waals surface area contributed by atoms with E-state index in [2.05, 4.69) is 10.6 Å². The van der Waals surface area contributed by atoms with Crippen LogP contribution < -0.4 is 10.6 Å². The van der Waals surface area contributed by atoms with Crippen molar-refractivity contribution in [1.82, 2.24) is 15.5 Å². The molecule has 26 heavy (non-hydrogen) atoms. The van der Waals surface area contributed by atoms with E-state index in [0.29, 0.717) is 12.2 Å². The Kier molecular flexibility index (Phi) is 6.29. The number of nitrogens with zero attached hydrogens (tertiary/aromatic N) is 1. The lowest BCUT2D eigenvalue weighted by Crippen LogP contribution is -2.42. The number of esters is 1. The molecule has 2 rings (SSSR count). The molecule has 2 N–H and O–H groups in total. The van der Waals surface area contributed by atoms with Crippen molar-refractivity contribution < 1.29 is 28.7 Å². The SMILES string of the molecule is COCCNC(=O)COC(=O)CN1C(=O)N[C@@](C)(c2ccccc2)C1=O. The monoisotopic (exact) mass is 363 g/mol. The van der Waals surface area contributed by atoms with Gasteiger partial charge in [-0.15, -0.1) is 0 Å². The lowest BCUT2D eigenvalue weighted by atomic mass is 9.92. The minimum Gasteiger partial charge on any atom is -0.454 e. The average molecular weight is 363 g/mol. The van der Waals surface area contributed by atoms with Crippen LogP contribution in [0.4, 0.5) is 4.79 Å². The largest absolute Gasteiger partial charge is 0.454 e. The van der Waals surface area contributed by atoms with Gasteiger partial charge in [0.05, 0.1) is 6.61 Å². The summed E-state index contributed by atoms with van der Waals surface area (Å²) in [4.78, 5) is 48.9. The van der Waals surface area contributed by atoms with Crippen molar-refractivity contribution in [2.75, 3.05) is 33.4 Å². The number of amides is 4. The summed E-state index contributed by atoms with van der Waals surface area (Å²) in [6.45, 7) is 1.12. The third-order valence-corrected chi connectivity index (χ3v) is 3.91. The normalized spacial score (nSPS) is 19.2. The molecule has 1 aliphatic rings. The van der Waals surface area contributed by atoms with Crippen LogP contribution in [0.3, 0.4) is 0 Å². The predicted molar refractivity (Wildman–Crippen MR) is 89.9 cm³/mol. The molecule has 0 aromatic heterocycles. The molecule has 0 saturated carbocycles. The Morgan fingerprint density at radius 2 is 1.92 bits per heavy atom. The van der Waals surface area contributed by atoms with Crippen molar-refractivity contribution >= 4 is 23.8 Å². The maximum absolute atomic E-state index is 12.6. The molecular weight excluding hydrogens is 342 g/mol. The van der Waals surface area contributed by atoms with Crippen molar-refractivity contribution in [3.8, 4) is 0 Å². The molecule has 9 heteroatoms. The number of carbonyl (C=O) groups excluding carboxylic acids is 4. The quantitative estimate of drug-likeness (QED) is 0.374. The number of urea groups is 1. The maximum atomic E-state index is 12.6. The highest BCUT2D eigenvalue weighted by atomic mass is 16.5. The van der Waals surface area contributed by atoms with Gasteiger partial charge in [-0.2, -0.15) is 0 Å². The summed E-state index contributed by atoms with van der Waals surface area (Å²) in [7, 11) is 1.49. The van der Waals surface area contributed by atoms with Crippen molar-refractivity contribution in [1.29, 1.82) is 0 Å². The first kappa shape index (κ1) is 19.4. The van der Waals surface area contributed by atoms with E-state index >= 15 is 0 Å². The summed E-state index contributed by atoms with van der Waals surface area (Å²) in [6, 6.07) is 8.02. The van der Waals surface area contributed by atoms with Gasteiger partial charge in [0.15, 0.2) is 6.61 Å². The van der Waals surface area contributed by atoms with Crippen molar-refractivity contribution in [3.63, 3.8) is 0 Å². The zero-order valence-corrected chi connectivity index (χ0v) is 14.6. The highest BCUT2D eigenvalue weighted by molar-refractivity contribution is 6.08. The Balaban J connectivity index is 1.91. The summed E-state index contributed by atoms with van der Waals surface area (Å²) < 4.78 is 9.58. The number of imide groups is 1. The van der Waals surface area contributed by atoms with Crippen LogP contribution in [0.5, 0.6) is 0 Å². The fraction of sp³-hybridized carbons (Fsp3) is 0.412. The molecule has 1 aliphatic heterocycles. The van der Waals surface area contributed by atoms with E-state index in [1.807, 2.05) is 0 Å². The van der Waals surface area contributed by atoms with Gasteiger partial charge in [-0.25, -0.2) is 4.79 Å². The molecule has 1 aromatic rings. The third kappa shape index (κ3) is 4.37. The highest BCUT2D eigenvalue weighted by Crippen LogP contribution is 2.28. The fourth-order valence-electron chi connectivity index (χ4n) is 2.47. The number of rotatable bonds is 8. The molecule has 0 aliphatic carbocycles. The molecular formula is C17H21N3O6. The zero-order valence-electron chi connectivity index (χ0n) is 14.6. The molecule has 0 radical (unpaired) electrons. The summed E-state index contributed by atoms with van der Waals surface area (Å²) >= 11 is 0. The van der Waals surface area contributed by atoms with Gasteiger partial charge in [-0.05, 0) is 12.5 Å². The second-order valence-corrected chi connectivity index (χ2v) is 5.82. The lowest BCUT2D eigenvalue weighted by Gasteiger charge is -2.21. The van der Waals surface area contributed by atoms with Crippen LogP contribution in [-0.2, 0) is 29.4 Å². The number of hydrogen-bond donors (Lipinski definition) is 2. The molecule has 140 valence electrons. The van der Waals surface area contributed by atoms with E-state index in [-0.39, 0.29) is 6.54 Å². The van der Waals surface area contributed by atoms with Gasteiger partial charge in [0.2, 0.25) is 0 Å². The van der Waals surface area contributed by atoms with Crippen LogP contribution in [0.15, 0.2) is 30.3 Å². The minimum absolute atomic E-state index is 0.287. The number of ether oxygens (including phenoxy) is 2. The first-order valence-corrected chi connectivity index (χ1v) is 7.99. The van der Waals surface area contributed by atoms with E-state index in [1.165, 1.54) is 7.11 Å². The van der Waals surface area contributed by atoms with Crippen molar-refractivity contribution in [3.05, 3.63) is 35.9 Å². The Labute approximate surface area is 150 Å². The van der Waals surface area contributed by atoms with Crippen molar-refractivity contribution in [2.24, 2.45) is 0 Å². The Morgan fingerprint density at radius 1 is 1.23 bits per heavy atom. The molecule has 1 aromatic carbocycles. The molecule has 9 nitrogen and oxygen atoms in total. The van der Waals surface area contributed by atoms with E-state index in [0.717, 1.165) is 4.90 Å². The van der Waals surface area contributed by atoms with Gasteiger partial charge in [0, 0.05) is 13.7 Å². The van der Waals surface area contributed by atoms with Crippen molar-refractivity contribution in [2.45, 2.75) is 12.5 Å². The highest BCUT2D eigenvalue weighted by Gasteiger charge is 2.49. The summed E-state index contributed by atoms with van der Waals surface area (Å²) in [6.07, 6.45) is 0. The van der Waals surface area contributed by atoms with Crippen LogP contribution in [0.25, 0.3) is 0 Å². The standard InChI is InChI=1S/C17H21N3O6/c1-17(12-6-4-3-5-7-12)15(23)20(16(24)19-17)10-14(22)26-11-13(21)18-8-9-25-2/h3-7H,8-11H2,1-2H3,(H,18,21)(H,19,24)/t17-/m0/s1. The number of carbonyl (C=O) groups is 4. The lowest BCUT2D eigenvalue weighted by molar-refractivity contribution is -0.151. The second-order valence-electron chi connectivity index (χ2n) is 5.82. The van der Waals surface area contributed by atoms with Crippen LogP contribution >= 0.6 is 0 Å². The Bertz CT molecular complexity index is 693. The van der Waals surface area contributed by atoms with Crippen LogP contribution in [0.2, 0.25) is 0 Å². The Hall–Kier alpha value is -2.94. The van der Waals surface area contributed by atoms with E-state index in [1.54, 1.807) is 37.3 Å². The molecule has 0 unspecified atom stereocenters. The first-order chi connectivity index (χ1) is 12.4. The van der Waals surface area contributed by atoms with Crippen LogP contribution in [0, 0.1) is 0 Å². The van der Waals surface area contributed by atoms with Gasteiger partial charge in [0.1, 0.15) is 12.1 Å². The predicted octanol–water partition coefficient (Wildman–Crippen LogP) is -0.241. The van der Waals surface area contributed by atoms with Gasteiger partial charge in [0.25, 0.3) is 11.8 Å². The number of benzene rings is 1. The molecule has 1 heterocycles. The van der Waals surface area contributed by atoms with Gasteiger partial charge in [-0.1, -0.05) is 30.3 Å². The molecule has 1 saturated heterocycles. The average Bonchev–Trinajstić information content (AvgIpc) is 2.85. The minimum atomic E-state index is -1.25. The Morgan fingerprint density at radius 3 is 2.58 bits per heavy atom. The second kappa shape index (κ2) is 8.43. The third-order valence-electron chi connectivity index (χ3n) is 3.91. The number of methoxy groups -OCH3 is 1. The fourth-order valence-corrected chi connectivity index (χ4v) is 2.47. The van der Waals surface area contributed by atoms with Crippen LogP contribution in [-0.4, -0.2) is 62.1 Å². The van der Waals surface area contributed by atoms with Gasteiger partial charge in [-0.3, -0.25) is 19.3 Å². The van der Waals surface area contributed by atoms with E-state index in [4.69, 9.17) is 9.47 Å².